The lowest BCUT2D eigenvalue weighted by Crippen LogP contribution is -2.39. The Morgan fingerprint density at radius 1 is 1.30 bits per heavy atom. The maximum absolute atomic E-state index is 12.4. The highest BCUT2D eigenvalue weighted by Gasteiger charge is 2.16. The molecular weight excluding hydrogens is 294 g/mol. The molecule has 2 rings (SSSR count). The number of amides is 1. The van der Waals surface area contributed by atoms with E-state index in [9.17, 15) is 4.79 Å². The van der Waals surface area contributed by atoms with Crippen LogP contribution in [0.5, 0.6) is 0 Å². The van der Waals surface area contributed by atoms with Crippen LogP contribution in [0.25, 0.3) is 0 Å². The molecule has 7 nitrogen and oxygen atoms in total. The lowest BCUT2D eigenvalue weighted by molar-refractivity contribution is 0.0398. The van der Waals surface area contributed by atoms with Crippen molar-refractivity contribution < 1.29 is 9.53 Å². The van der Waals surface area contributed by atoms with Crippen LogP contribution in [-0.4, -0.2) is 78.2 Å². The van der Waals surface area contributed by atoms with Gasteiger partial charge in [-0.05, 0) is 26.8 Å². The van der Waals surface area contributed by atoms with Crippen LogP contribution in [0.15, 0.2) is 6.07 Å². The molecule has 1 aliphatic heterocycles. The Morgan fingerprint density at radius 2 is 2.00 bits per heavy atom. The molecule has 23 heavy (non-hydrogen) atoms. The fourth-order valence-electron chi connectivity index (χ4n) is 2.58. The molecular formula is C16H27N5O2. The third-order valence-electron chi connectivity index (χ3n) is 3.94. The number of aromatic nitrogens is 2. The summed E-state index contributed by atoms with van der Waals surface area (Å²) in [6, 6.07) is 1.74. The summed E-state index contributed by atoms with van der Waals surface area (Å²) in [5.41, 5.74) is 1.25. The maximum atomic E-state index is 12.4. The quantitative estimate of drug-likeness (QED) is 0.808. The maximum Gasteiger partial charge on any atom is 0.272 e. The van der Waals surface area contributed by atoms with Crippen LogP contribution in [0.2, 0.25) is 0 Å². The lowest BCUT2D eigenvalue weighted by Gasteiger charge is -2.26. The standard InChI is InChI=1S/C16H27N5O2/c1-4-21(5-2)15(22)14-12-13(3)18-16(19-14)17-6-7-20-8-10-23-11-9-20/h12H,4-11H2,1-3H3,(H,17,18,19). The molecule has 0 unspecified atom stereocenters. The molecule has 128 valence electrons. The monoisotopic (exact) mass is 321 g/mol. The average Bonchev–Trinajstić information content (AvgIpc) is 2.56. The van der Waals surface area contributed by atoms with Gasteiger partial charge in [-0.25, -0.2) is 9.97 Å². The highest BCUT2D eigenvalue weighted by Crippen LogP contribution is 2.08. The van der Waals surface area contributed by atoms with Crippen molar-refractivity contribution in [3.63, 3.8) is 0 Å². The number of hydrogen-bond acceptors (Lipinski definition) is 6. The first-order valence-electron chi connectivity index (χ1n) is 8.33. The smallest absolute Gasteiger partial charge is 0.272 e. The zero-order valence-corrected chi connectivity index (χ0v) is 14.3. The molecule has 1 fully saturated rings. The van der Waals surface area contributed by atoms with Crippen LogP contribution in [0.3, 0.4) is 0 Å². The van der Waals surface area contributed by atoms with Gasteiger partial charge in [0.05, 0.1) is 13.2 Å². The molecule has 0 aliphatic carbocycles. The molecule has 0 radical (unpaired) electrons. The highest BCUT2D eigenvalue weighted by molar-refractivity contribution is 5.92. The molecule has 1 saturated heterocycles. The summed E-state index contributed by atoms with van der Waals surface area (Å²) >= 11 is 0. The van der Waals surface area contributed by atoms with Gasteiger partial charge in [0.15, 0.2) is 0 Å². The normalized spacial score (nSPS) is 15.4. The van der Waals surface area contributed by atoms with Gasteiger partial charge >= 0.3 is 0 Å². The summed E-state index contributed by atoms with van der Waals surface area (Å²) in [7, 11) is 0. The van der Waals surface area contributed by atoms with Gasteiger partial charge < -0.3 is 15.0 Å². The third kappa shape index (κ3) is 5.14. The Hall–Kier alpha value is -1.73. The SMILES string of the molecule is CCN(CC)C(=O)c1cc(C)nc(NCCN2CCOCC2)n1. The van der Waals surface area contributed by atoms with Gasteiger partial charge in [0, 0.05) is 45.0 Å². The van der Waals surface area contributed by atoms with E-state index in [4.69, 9.17) is 4.74 Å². The molecule has 0 bridgehead atoms. The van der Waals surface area contributed by atoms with E-state index >= 15 is 0 Å². The van der Waals surface area contributed by atoms with E-state index in [1.807, 2.05) is 20.8 Å². The number of rotatable bonds is 7. The van der Waals surface area contributed by atoms with E-state index in [0.717, 1.165) is 45.1 Å². The number of nitrogens with zero attached hydrogens (tertiary/aromatic N) is 4. The number of ether oxygens (including phenoxy) is 1. The second-order valence-electron chi connectivity index (χ2n) is 5.58. The summed E-state index contributed by atoms with van der Waals surface area (Å²) < 4.78 is 5.34. The van der Waals surface area contributed by atoms with Crippen LogP contribution < -0.4 is 5.32 Å². The molecule has 1 N–H and O–H groups in total. The third-order valence-corrected chi connectivity index (χ3v) is 3.94. The predicted molar refractivity (Wildman–Crippen MR) is 89.8 cm³/mol. The minimum Gasteiger partial charge on any atom is -0.379 e. The Kier molecular flexibility index (Phi) is 6.73. The van der Waals surface area contributed by atoms with E-state index < -0.39 is 0 Å². The van der Waals surface area contributed by atoms with Crippen LogP contribution >= 0.6 is 0 Å². The zero-order chi connectivity index (χ0) is 16.7. The Bertz CT molecular complexity index is 513. The van der Waals surface area contributed by atoms with Gasteiger partial charge in [0.25, 0.3) is 5.91 Å². The van der Waals surface area contributed by atoms with Crippen LogP contribution in [0.1, 0.15) is 30.0 Å². The number of hydrogen-bond donors (Lipinski definition) is 1. The van der Waals surface area contributed by atoms with Crippen molar-refractivity contribution in [1.29, 1.82) is 0 Å². The van der Waals surface area contributed by atoms with Gasteiger partial charge in [0.2, 0.25) is 5.95 Å². The Labute approximate surface area is 138 Å². The van der Waals surface area contributed by atoms with Gasteiger partial charge in [-0.3, -0.25) is 9.69 Å². The van der Waals surface area contributed by atoms with Crippen molar-refractivity contribution in [1.82, 2.24) is 19.8 Å². The van der Waals surface area contributed by atoms with E-state index in [0.29, 0.717) is 24.7 Å². The van der Waals surface area contributed by atoms with Crippen molar-refractivity contribution in [2.75, 3.05) is 57.8 Å². The van der Waals surface area contributed by atoms with E-state index in [2.05, 4.69) is 20.2 Å². The second-order valence-corrected chi connectivity index (χ2v) is 5.58. The average molecular weight is 321 g/mol. The van der Waals surface area contributed by atoms with Crippen LogP contribution in [0, 0.1) is 6.92 Å². The van der Waals surface area contributed by atoms with Crippen molar-refractivity contribution in [2.24, 2.45) is 0 Å². The van der Waals surface area contributed by atoms with Crippen molar-refractivity contribution in [3.05, 3.63) is 17.5 Å². The molecule has 0 atom stereocenters. The Balaban J connectivity index is 1.95. The number of morpholine rings is 1. The molecule has 7 heteroatoms. The van der Waals surface area contributed by atoms with Crippen LogP contribution in [0.4, 0.5) is 5.95 Å². The lowest BCUT2D eigenvalue weighted by atomic mass is 10.3. The summed E-state index contributed by atoms with van der Waals surface area (Å²) in [5, 5.41) is 3.23. The van der Waals surface area contributed by atoms with E-state index in [1.165, 1.54) is 0 Å². The fourth-order valence-corrected chi connectivity index (χ4v) is 2.58. The molecule has 1 aliphatic rings. The molecule has 1 amide bonds. The first kappa shape index (κ1) is 17.6. The number of carbonyl (C=O) groups is 1. The summed E-state index contributed by atoms with van der Waals surface area (Å²) in [6.07, 6.45) is 0. The first-order chi connectivity index (χ1) is 11.1. The number of carbonyl (C=O) groups excluding carboxylic acids is 1. The fraction of sp³-hybridized carbons (Fsp3) is 0.688. The summed E-state index contributed by atoms with van der Waals surface area (Å²) in [4.78, 5) is 25.3. The summed E-state index contributed by atoms with van der Waals surface area (Å²) in [6.45, 7) is 12.4. The van der Waals surface area contributed by atoms with E-state index in [-0.39, 0.29) is 5.91 Å². The topological polar surface area (TPSA) is 70.6 Å². The highest BCUT2D eigenvalue weighted by atomic mass is 16.5. The van der Waals surface area contributed by atoms with Gasteiger partial charge in [-0.1, -0.05) is 0 Å². The van der Waals surface area contributed by atoms with Crippen LogP contribution in [-0.2, 0) is 4.74 Å². The first-order valence-corrected chi connectivity index (χ1v) is 8.33. The van der Waals surface area contributed by atoms with Gasteiger partial charge in [0.1, 0.15) is 5.69 Å². The molecule has 0 aromatic carbocycles. The van der Waals surface area contributed by atoms with Crippen molar-refractivity contribution in [2.45, 2.75) is 20.8 Å². The zero-order valence-electron chi connectivity index (χ0n) is 14.3. The van der Waals surface area contributed by atoms with Gasteiger partial charge in [-0.2, -0.15) is 0 Å². The van der Waals surface area contributed by atoms with E-state index in [1.54, 1.807) is 11.0 Å². The predicted octanol–water partition coefficient (Wildman–Crippen LogP) is 1.01. The second kappa shape index (κ2) is 8.79. The molecule has 1 aromatic heterocycles. The minimum atomic E-state index is -0.0447. The molecule has 2 heterocycles. The molecule has 0 saturated carbocycles. The number of aryl methyl sites for hydroxylation is 1. The largest absolute Gasteiger partial charge is 0.379 e. The van der Waals surface area contributed by atoms with Crippen molar-refractivity contribution in [3.8, 4) is 0 Å². The van der Waals surface area contributed by atoms with Crippen molar-refractivity contribution >= 4 is 11.9 Å². The number of nitrogens with one attached hydrogen (secondary N) is 1. The van der Waals surface area contributed by atoms with Gasteiger partial charge in [-0.15, -0.1) is 0 Å². The number of anilines is 1. The minimum absolute atomic E-state index is 0.0447. The Morgan fingerprint density at radius 3 is 2.65 bits per heavy atom. The summed E-state index contributed by atoms with van der Waals surface area (Å²) in [5.74, 6) is 0.477. The molecule has 0 spiro atoms. The molecule has 1 aromatic rings.